The number of nitrogens with zero attached hydrogens (tertiary/aromatic N) is 1. The van der Waals surface area contributed by atoms with Gasteiger partial charge in [-0.15, -0.1) is 11.3 Å². The summed E-state index contributed by atoms with van der Waals surface area (Å²) in [5.41, 5.74) is 6.15. The van der Waals surface area contributed by atoms with Gasteiger partial charge in [-0.1, -0.05) is 37.5 Å². The molecule has 1 unspecified atom stereocenters. The van der Waals surface area contributed by atoms with Crippen molar-refractivity contribution in [3.8, 4) is 0 Å². The van der Waals surface area contributed by atoms with Gasteiger partial charge in [0.15, 0.2) is 0 Å². The zero-order valence-electron chi connectivity index (χ0n) is 11.6. The number of hydrogen-bond donors (Lipinski definition) is 0. The lowest BCUT2D eigenvalue weighted by Gasteiger charge is -2.14. The van der Waals surface area contributed by atoms with Crippen LogP contribution in [0.25, 0.3) is 0 Å². The SMILES string of the molecule is C/C=C\C(CCC1CC1)=C(/C)C(C)c1cscn1. The summed E-state index contributed by atoms with van der Waals surface area (Å²) in [6.07, 6.45) is 9.95. The first kappa shape index (κ1) is 13.5. The highest BCUT2D eigenvalue weighted by atomic mass is 32.1. The monoisotopic (exact) mass is 261 g/mol. The van der Waals surface area contributed by atoms with Gasteiger partial charge in [0, 0.05) is 11.3 Å². The highest BCUT2D eigenvalue weighted by Crippen LogP contribution is 2.36. The average Bonchev–Trinajstić information content (AvgIpc) is 3.04. The van der Waals surface area contributed by atoms with Gasteiger partial charge in [-0.05, 0) is 38.2 Å². The third kappa shape index (κ3) is 3.55. The van der Waals surface area contributed by atoms with Gasteiger partial charge in [-0.25, -0.2) is 4.98 Å². The van der Waals surface area contributed by atoms with E-state index in [4.69, 9.17) is 0 Å². The van der Waals surface area contributed by atoms with Crippen LogP contribution in [0.5, 0.6) is 0 Å². The predicted molar refractivity (Wildman–Crippen MR) is 80.0 cm³/mol. The Morgan fingerprint density at radius 2 is 2.33 bits per heavy atom. The topological polar surface area (TPSA) is 12.9 Å². The van der Waals surface area contributed by atoms with E-state index >= 15 is 0 Å². The number of hydrogen-bond acceptors (Lipinski definition) is 2. The van der Waals surface area contributed by atoms with E-state index in [2.05, 4.69) is 43.3 Å². The van der Waals surface area contributed by atoms with E-state index in [0.717, 1.165) is 5.92 Å². The van der Waals surface area contributed by atoms with Crippen LogP contribution in [0.2, 0.25) is 0 Å². The first-order chi connectivity index (χ1) is 8.72. The lowest BCUT2D eigenvalue weighted by molar-refractivity contribution is 0.715. The summed E-state index contributed by atoms with van der Waals surface area (Å²) in [5, 5.41) is 2.17. The van der Waals surface area contributed by atoms with Gasteiger partial charge in [0.2, 0.25) is 0 Å². The summed E-state index contributed by atoms with van der Waals surface area (Å²) >= 11 is 1.69. The largest absolute Gasteiger partial charge is 0.249 e. The Kier molecular flexibility index (Phi) is 4.76. The second-order valence-electron chi connectivity index (χ2n) is 5.33. The smallest absolute Gasteiger partial charge is 0.0794 e. The molecule has 18 heavy (non-hydrogen) atoms. The van der Waals surface area contributed by atoms with Gasteiger partial charge in [0.1, 0.15) is 0 Å². The molecule has 1 aromatic rings. The molecule has 2 rings (SSSR count). The maximum Gasteiger partial charge on any atom is 0.0794 e. The molecule has 1 atom stereocenters. The van der Waals surface area contributed by atoms with E-state index in [1.54, 1.807) is 11.3 Å². The van der Waals surface area contributed by atoms with Crippen LogP contribution in [0.4, 0.5) is 0 Å². The number of aromatic nitrogens is 1. The van der Waals surface area contributed by atoms with Crippen LogP contribution in [0.15, 0.2) is 34.2 Å². The molecule has 0 radical (unpaired) electrons. The van der Waals surface area contributed by atoms with E-state index in [1.165, 1.54) is 42.5 Å². The highest BCUT2D eigenvalue weighted by molar-refractivity contribution is 7.07. The van der Waals surface area contributed by atoms with Crippen molar-refractivity contribution in [2.75, 3.05) is 0 Å². The second kappa shape index (κ2) is 6.33. The predicted octanol–water partition coefficient (Wildman–Crippen LogP) is 5.33. The lowest BCUT2D eigenvalue weighted by Crippen LogP contribution is -1.99. The van der Waals surface area contributed by atoms with E-state index < -0.39 is 0 Å². The van der Waals surface area contributed by atoms with E-state index in [0.29, 0.717) is 5.92 Å². The Balaban J connectivity index is 2.10. The van der Waals surface area contributed by atoms with Crippen LogP contribution in [0.1, 0.15) is 58.1 Å². The Bertz CT molecular complexity index is 424. The number of thiazole rings is 1. The third-order valence-electron chi connectivity index (χ3n) is 3.94. The average molecular weight is 261 g/mol. The van der Waals surface area contributed by atoms with Crippen molar-refractivity contribution in [3.63, 3.8) is 0 Å². The maximum atomic E-state index is 4.45. The highest BCUT2D eigenvalue weighted by Gasteiger charge is 2.21. The van der Waals surface area contributed by atoms with Crippen molar-refractivity contribution in [1.29, 1.82) is 0 Å². The summed E-state index contributed by atoms with van der Waals surface area (Å²) in [7, 11) is 0. The molecule has 98 valence electrons. The Labute approximate surface area is 115 Å². The molecule has 1 heterocycles. The molecule has 1 nitrogen and oxygen atoms in total. The van der Waals surface area contributed by atoms with Crippen molar-refractivity contribution in [1.82, 2.24) is 4.98 Å². The van der Waals surface area contributed by atoms with Crippen LogP contribution >= 0.6 is 11.3 Å². The number of rotatable bonds is 6. The fourth-order valence-corrected chi connectivity index (χ4v) is 2.96. The Morgan fingerprint density at radius 1 is 1.56 bits per heavy atom. The second-order valence-corrected chi connectivity index (χ2v) is 6.04. The molecule has 0 aromatic carbocycles. The minimum Gasteiger partial charge on any atom is -0.249 e. The zero-order valence-corrected chi connectivity index (χ0v) is 12.5. The van der Waals surface area contributed by atoms with Crippen molar-refractivity contribution < 1.29 is 0 Å². The zero-order chi connectivity index (χ0) is 13.0. The summed E-state index contributed by atoms with van der Waals surface area (Å²) in [6.45, 7) is 6.65. The van der Waals surface area contributed by atoms with Crippen molar-refractivity contribution in [2.24, 2.45) is 5.92 Å². The normalized spacial score (nSPS) is 19.1. The van der Waals surface area contributed by atoms with Crippen molar-refractivity contribution >= 4 is 11.3 Å². The molecule has 1 fully saturated rings. The molecule has 1 aliphatic rings. The van der Waals surface area contributed by atoms with Crippen LogP contribution in [0.3, 0.4) is 0 Å². The Hall–Kier alpha value is -0.890. The fraction of sp³-hybridized carbons (Fsp3) is 0.562. The first-order valence-corrected chi connectivity index (χ1v) is 7.87. The number of allylic oxidation sites excluding steroid dienone is 4. The molecule has 0 spiro atoms. The molecule has 1 saturated carbocycles. The molecule has 0 aliphatic heterocycles. The molecule has 0 saturated heterocycles. The quantitative estimate of drug-likeness (QED) is 0.631. The first-order valence-electron chi connectivity index (χ1n) is 6.92. The third-order valence-corrected chi connectivity index (χ3v) is 4.54. The molecule has 0 bridgehead atoms. The summed E-state index contributed by atoms with van der Waals surface area (Å²) in [4.78, 5) is 4.45. The Morgan fingerprint density at radius 3 is 2.89 bits per heavy atom. The molecule has 1 aromatic heterocycles. The van der Waals surface area contributed by atoms with Gasteiger partial charge in [0.05, 0.1) is 11.2 Å². The molecule has 2 heteroatoms. The van der Waals surface area contributed by atoms with Gasteiger partial charge in [-0.3, -0.25) is 0 Å². The van der Waals surface area contributed by atoms with E-state index in [-0.39, 0.29) is 0 Å². The van der Waals surface area contributed by atoms with Gasteiger partial charge >= 0.3 is 0 Å². The fourth-order valence-electron chi connectivity index (χ4n) is 2.31. The molecule has 0 N–H and O–H groups in total. The molecular formula is C16H23NS. The van der Waals surface area contributed by atoms with Crippen molar-refractivity contribution in [2.45, 2.75) is 52.4 Å². The maximum absolute atomic E-state index is 4.45. The van der Waals surface area contributed by atoms with Gasteiger partial charge in [-0.2, -0.15) is 0 Å². The molecule has 0 amide bonds. The van der Waals surface area contributed by atoms with Crippen LogP contribution in [0, 0.1) is 5.92 Å². The van der Waals surface area contributed by atoms with Crippen molar-refractivity contribution in [3.05, 3.63) is 39.9 Å². The van der Waals surface area contributed by atoms with E-state index in [1.807, 2.05) is 5.51 Å². The summed E-state index contributed by atoms with van der Waals surface area (Å²) in [5.74, 6) is 1.45. The summed E-state index contributed by atoms with van der Waals surface area (Å²) in [6, 6.07) is 0. The minimum atomic E-state index is 0.446. The molecular weight excluding hydrogens is 238 g/mol. The summed E-state index contributed by atoms with van der Waals surface area (Å²) < 4.78 is 0. The van der Waals surface area contributed by atoms with Crippen LogP contribution in [-0.4, -0.2) is 4.98 Å². The van der Waals surface area contributed by atoms with E-state index in [9.17, 15) is 0 Å². The van der Waals surface area contributed by atoms with Gasteiger partial charge < -0.3 is 0 Å². The van der Waals surface area contributed by atoms with Crippen LogP contribution in [-0.2, 0) is 0 Å². The van der Waals surface area contributed by atoms with Crippen LogP contribution < -0.4 is 0 Å². The van der Waals surface area contributed by atoms with Gasteiger partial charge in [0.25, 0.3) is 0 Å². The molecule has 1 aliphatic carbocycles. The standard InChI is InChI=1S/C16H23NS/c1-4-5-15(9-8-14-6-7-14)12(2)13(3)16-10-18-11-17-16/h4-5,10-11,13-14H,6-9H2,1-3H3/b5-4-,15-12-. The lowest BCUT2D eigenvalue weighted by atomic mass is 9.92. The minimum absolute atomic E-state index is 0.446.